The second-order valence-electron chi connectivity index (χ2n) is 4.79. The molecule has 0 aromatic carbocycles. The lowest BCUT2D eigenvalue weighted by Gasteiger charge is -2.44. The maximum absolute atomic E-state index is 12.1. The lowest BCUT2D eigenvalue weighted by Crippen LogP contribution is -2.56. The molecule has 0 aliphatic carbocycles. The van der Waals surface area contributed by atoms with E-state index in [2.05, 4.69) is 16.0 Å². The van der Waals surface area contributed by atoms with Crippen LogP contribution in [0.1, 0.15) is 18.4 Å². The Morgan fingerprint density at radius 2 is 2.12 bits per heavy atom. The number of hydrogen-bond acceptors (Lipinski definition) is 3. The van der Waals surface area contributed by atoms with Crippen LogP contribution >= 0.6 is 12.4 Å². The number of ketones is 1. The van der Waals surface area contributed by atoms with Gasteiger partial charge in [0.1, 0.15) is 0 Å². The summed E-state index contributed by atoms with van der Waals surface area (Å²) in [7, 11) is 0. The Labute approximate surface area is 108 Å². The first kappa shape index (κ1) is 12.5. The third-order valence-electron chi connectivity index (χ3n) is 3.85. The Morgan fingerprint density at radius 1 is 1.35 bits per heavy atom. The number of rotatable bonds is 2. The molecule has 1 atom stereocenters. The molecule has 92 valence electrons. The molecule has 3 aliphatic rings. The van der Waals surface area contributed by atoms with Gasteiger partial charge in [-0.25, -0.2) is 0 Å². The Bertz CT molecular complexity index is 388. The Balaban J connectivity index is 0.00000108. The topological polar surface area (TPSA) is 33.2 Å². The summed E-state index contributed by atoms with van der Waals surface area (Å²) in [4.78, 5) is 18.6. The van der Waals surface area contributed by atoms with E-state index in [4.69, 9.17) is 0 Å². The van der Waals surface area contributed by atoms with Crippen LogP contribution in [-0.4, -0.2) is 34.8 Å². The van der Waals surface area contributed by atoms with Crippen molar-refractivity contribution in [3.8, 4) is 0 Å². The smallest absolute Gasteiger partial charge is 0.153 e. The quantitative estimate of drug-likeness (QED) is 0.804. The third kappa shape index (κ3) is 2.35. The summed E-state index contributed by atoms with van der Waals surface area (Å²) in [5, 5.41) is 0. The van der Waals surface area contributed by atoms with E-state index in [0.717, 1.165) is 32.4 Å². The van der Waals surface area contributed by atoms with Crippen molar-refractivity contribution in [1.29, 1.82) is 0 Å². The van der Waals surface area contributed by atoms with Crippen LogP contribution in [0.3, 0.4) is 0 Å². The zero-order valence-corrected chi connectivity index (χ0v) is 10.5. The lowest BCUT2D eigenvalue weighted by molar-refractivity contribution is -0.136. The fourth-order valence-electron chi connectivity index (χ4n) is 2.92. The van der Waals surface area contributed by atoms with E-state index >= 15 is 0 Å². The molecule has 3 fully saturated rings. The second-order valence-corrected chi connectivity index (χ2v) is 4.79. The molecule has 3 saturated heterocycles. The maximum atomic E-state index is 12.1. The van der Waals surface area contributed by atoms with Crippen molar-refractivity contribution in [3.05, 3.63) is 30.1 Å². The molecule has 3 aliphatic heterocycles. The molecule has 4 heterocycles. The van der Waals surface area contributed by atoms with Gasteiger partial charge in [-0.15, -0.1) is 12.4 Å². The highest BCUT2D eigenvalue weighted by atomic mass is 35.5. The molecule has 0 N–H and O–H groups in total. The van der Waals surface area contributed by atoms with E-state index in [-0.39, 0.29) is 18.4 Å². The highest BCUT2D eigenvalue weighted by molar-refractivity contribution is 5.88. The average molecular weight is 253 g/mol. The monoisotopic (exact) mass is 252 g/mol. The largest absolute Gasteiger partial charge is 0.298 e. The van der Waals surface area contributed by atoms with Gasteiger partial charge in [0.25, 0.3) is 0 Å². The third-order valence-corrected chi connectivity index (χ3v) is 3.85. The minimum absolute atomic E-state index is 0. The second kappa shape index (κ2) is 5.15. The fourth-order valence-corrected chi connectivity index (χ4v) is 2.92. The first-order valence-electron chi connectivity index (χ1n) is 6.01. The number of carbonyl (C=O) groups is 1. The number of aromatic nitrogens is 1. The van der Waals surface area contributed by atoms with Crippen molar-refractivity contribution in [2.75, 3.05) is 13.1 Å². The maximum Gasteiger partial charge on any atom is 0.153 e. The molecule has 4 rings (SSSR count). The summed E-state index contributed by atoms with van der Waals surface area (Å²) in [6.07, 6.45) is 6.63. The standard InChI is InChI=1S/C13H16N2O.ClH/c16-13-11-3-6-15(7-4-11)12(13)8-10-2-1-5-14-9-10;/h1-2,5,9,11-12H,3-4,6-8H2;1H. The average Bonchev–Trinajstić information content (AvgIpc) is 2.36. The van der Waals surface area contributed by atoms with Gasteiger partial charge in [-0.1, -0.05) is 6.07 Å². The molecule has 3 nitrogen and oxygen atoms in total. The van der Waals surface area contributed by atoms with Crippen molar-refractivity contribution in [3.63, 3.8) is 0 Å². The first-order valence-corrected chi connectivity index (χ1v) is 6.01. The summed E-state index contributed by atoms with van der Waals surface area (Å²) in [5.41, 5.74) is 1.17. The van der Waals surface area contributed by atoms with Crippen molar-refractivity contribution in [2.45, 2.75) is 25.3 Å². The van der Waals surface area contributed by atoms with Gasteiger partial charge in [0.2, 0.25) is 0 Å². The zero-order valence-electron chi connectivity index (χ0n) is 9.71. The van der Waals surface area contributed by atoms with Crippen molar-refractivity contribution < 1.29 is 4.79 Å². The first-order chi connectivity index (χ1) is 7.84. The van der Waals surface area contributed by atoms with Crippen molar-refractivity contribution >= 4 is 18.2 Å². The van der Waals surface area contributed by atoms with E-state index in [1.165, 1.54) is 5.56 Å². The van der Waals surface area contributed by atoms with Crippen molar-refractivity contribution in [2.24, 2.45) is 5.92 Å². The highest BCUT2D eigenvalue weighted by Crippen LogP contribution is 2.30. The Morgan fingerprint density at radius 3 is 2.71 bits per heavy atom. The van der Waals surface area contributed by atoms with Gasteiger partial charge in [0.05, 0.1) is 6.04 Å². The Kier molecular flexibility index (Phi) is 3.79. The summed E-state index contributed by atoms with van der Waals surface area (Å²) >= 11 is 0. The van der Waals surface area contributed by atoms with E-state index < -0.39 is 0 Å². The SMILES string of the molecule is Cl.O=C1C2CCN(CC2)C1Cc1cccnc1. The van der Waals surface area contributed by atoms with Crippen LogP contribution in [0.4, 0.5) is 0 Å². The van der Waals surface area contributed by atoms with E-state index in [0.29, 0.717) is 11.7 Å². The zero-order chi connectivity index (χ0) is 11.0. The summed E-state index contributed by atoms with van der Waals surface area (Å²) in [5.74, 6) is 0.799. The fraction of sp³-hybridized carbons (Fsp3) is 0.538. The van der Waals surface area contributed by atoms with Crippen molar-refractivity contribution in [1.82, 2.24) is 9.88 Å². The van der Waals surface area contributed by atoms with E-state index in [9.17, 15) is 4.79 Å². The minimum Gasteiger partial charge on any atom is -0.298 e. The molecule has 2 bridgehead atoms. The molecule has 1 aromatic rings. The van der Waals surface area contributed by atoms with Gasteiger partial charge in [-0.3, -0.25) is 14.7 Å². The number of piperidine rings is 3. The number of Topliss-reactive ketones (excluding diaryl/α,β-unsaturated/α-hetero) is 1. The number of nitrogens with zero attached hydrogens (tertiary/aromatic N) is 2. The van der Waals surface area contributed by atoms with Crippen LogP contribution in [0.2, 0.25) is 0 Å². The van der Waals surface area contributed by atoms with Gasteiger partial charge < -0.3 is 0 Å². The summed E-state index contributed by atoms with van der Waals surface area (Å²) in [6.45, 7) is 2.20. The van der Waals surface area contributed by atoms with Gasteiger partial charge >= 0.3 is 0 Å². The molecule has 0 saturated carbocycles. The Hall–Kier alpha value is -0.930. The van der Waals surface area contributed by atoms with Gasteiger partial charge in [-0.05, 0) is 44.0 Å². The molecule has 0 radical (unpaired) electrons. The summed E-state index contributed by atoms with van der Waals surface area (Å²) < 4.78 is 0. The number of hydrogen-bond donors (Lipinski definition) is 0. The van der Waals surface area contributed by atoms with Crippen LogP contribution in [-0.2, 0) is 11.2 Å². The predicted molar refractivity (Wildman–Crippen MR) is 68.3 cm³/mol. The van der Waals surface area contributed by atoms with Gasteiger partial charge in [0.15, 0.2) is 5.78 Å². The molecular weight excluding hydrogens is 236 g/mol. The van der Waals surface area contributed by atoms with E-state index in [1.807, 2.05) is 12.3 Å². The molecule has 4 heteroatoms. The molecule has 0 amide bonds. The van der Waals surface area contributed by atoms with Crippen LogP contribution in [0.15, 0.2) is 24.5 Å². The van der Waals surface area contributed by atoms with Crippen LogP contribution in [0, 0.1) is 5.92 Å². The van der Waals surface area contributed by atoms with Gasteiger partial charge in [0, 0.05) is 18.3 Å². The highest BCUT2D eigenvalue weighted by Gasteiger charge is 2.40. The molecule has 1 aromatic heterocycles. The van der Waals surface area contributed by atoms with Crippen LogP contribution in [0.5, 0.6) is 0 Å². The molecular formula is C13H17ClN2O. The normalized spacial score (nSPS) is 31.1. The van der Waals surface area contributed by atoms with Crippen LogP contribution in [0.25, 0.3) is 0 Å². The number of pyridine rings is 1. The molecule has 0 spiro atoms. The predicted octanol–water partition coefficient (Wildman–Crippen LogP) is 1.71. The van der Waals surface area contributed by atoms with Crippen LogP contribution < -0.4 is 0 Å². The number of halogens is 1. The summed E-state index contributed by atoms with van der Waals surface area (Å²) in [6, 6.07) is 4.12. The lowest BCUT2D eigenvalue weighted by atomic mass is 9.80. The minimum atomic E-state index is 0. The number of carbonyl (C=O) groups excluding carboxylic acids is 1. The van der Waals surface area contributed by atoms with Gasteiger partial charge in [-0.2, -0.15) is 0 Å². The van der Waals surface area contributed by atoms with E-state index in [1.54, 1.807) is 6.20 Å². The molecule has 1 unspecified atom stereocenters. The molecule has 17 heavy (non-hydrogen) atoms. The number of fused-ring (bicyclic) bond motifs is 3.